The Hall–Kier alpha value is -2.31. The number of ether oxygens (including phenoxy) is 1. The summed E-state index contributed by atoms with van der Waals surface area (Å²) in [5.41, 5.74) is 0.781. The molecule has 1 unspecified atom stereocenters. The van der Waals surface area contributed by atoms with Crippen molar-refractivity contribution in [2.24, 2.45) is 0 Å². The lowest BCUT2D eigenvalue weighted by atomic mass is 10.1. The number of nitrogens with zero attached hydrogens (tertiary/aromatic N) is 2. The quantitative estimate of drug-likeness (QED) is 0.279. The molecule has 1 atom stereocenters. The first kappa shape index (κ1) is 29.2. The number of thiazole rings is 1. The van der Waals surface area contributed by atoms with Crippen molar-refractivity contribution in [3.8, 4) is 0 Å². The number of aromatic nitrogens is 1. The lowest BCUT2D eigenvalue weighted by Gasteiger charge is -2.41. The molecule has 0 bridgehead atoms. The van der Waals surface area contributed by atoms with E-state index in [1.165, 1.54) is 11.1 Å². The third-order valence-corrected chi connectivity index (χ3v) is 7.38. The maximum Gasteiger partial charge on any atom is 0.414 e. The van der Waals surface area contributed by atoms with Crippen LogP contribution in [0, 0.1) is 0 Å². The number of carboxylic acids is 2. The molecule has 1 saturated heterocycles. The molecule has 4 N–H and O–H groups in total. The third-order valence-electron chi connectivity index (χ3n) is 5.76. The van der Waals surface area contributed by atoms with Crippen molar-refractivity contribution in [1.82, 2.24) is 15.2 Å². The van der Waals surface area contributed by atoms with E-state index in [0.29, 0.717) is 29.7 Å². The van der Waals surface area contributed by atoms with Crippen LogP contribution in [0.3, 0.4) is 0 Å². The van der Waals surface area contributed by atoms with Gasteiger partial charge in [0.2, 0.25) is 0 Å². The maximum atomic E-state index is 11.5. The highest BCUT2D eigenvalue weighted by molar-refractivity contribution is 7.18. The highest BCUT2D eigenvalue weighted by Crippen LogP contribution is 2.24. The Morgan fingerprint density at radius 3 is 2.43 bits per heavy atom. The summed E-state index contributed by atoms with van der Waals surface area (Å²) in [4.78, 5) is 25.0. The lowest BCUT2D eigenvalue weighted by Crippen LogP contribution is -2.59. The van der Waals surface area contributed by atoms with Crippen LogP contribution < -0.4 is 5.32 Å². The van der Waals surface area contributed by atoms with Gasteiger partial charge in [-0.2, -0.15) is 0 Å². The smallest absolute Gasteiger partial charge is 0.414 e. The number of para-hydroxylation sites is 1. The molecule has 12 heteroatoms. The van der Waals surface area contributed by atoms with E-state index in [-0.39, 0.29) is 6.61 Å². The fraction of sp³-hybridized carbons (Fsp3) is 0.400. The van der Waals surface area contributed by atoms with Crippen molar-refractivity contribution >= 4 is 56.7 Å². The van der Waals surface area contributed by atoms with E-state index in [0.717, 1.165) is 42.0 Å². The van der Waals surface area contributed by atoms with Crippen molar-refractivity contribution in [2.45, 2.75) is 38.1 Å². The Morgan fingerprint density at radius 1 is 1.08 bits per heavy atom. The zero-order chi connectivity index (χ0) is 26.8. The van der Waals surface area contributed by atoms with Gasteiger partial charge in [-0.15, -0.1) is 11.3 Å². The Kier molecular flexibility index (Phi) is 11.1. The number of piperidine rings is 1. The molecular formula is C25H29Cl2N3O6S. The number of fused-ring (bicyclic) bond motifs is 1. The van der Waals surface area contributed by atoms with Crippen LogP contribution in [0.1, 0.15) is 29.8 Å². The molecule has 2 heterocycles. The molecule has 200 valence electrons. The first-order valence-corrected chi connectivity index (χ1v) is 13.3. The van der Waals surface area contributed by atoms with Gasteiger partial charge < -0.3 is 25.4 Å². The van der Waals surface area contributed by atoms with Gasteiger partial charge in [-0.05, 0) is 42.7 Å². The summed E-state index contributed by atoms with van der Waals surface area (Å²) < 4.78 is 7.11. The van der Waals surface area contributed by atoms with Crippen LogP contribution in [0.25, 0.3) is 10.2 Å². The molecule has 9 nitrogen and oxygen atoms in total. The van der Waals surface area contributed by atoms with Gasteiger partial charge in [0.15, 0.2) is 5.72 Å². The number of rotatable bonds is 9. The molecule has 37 heavy (non-hydrogen) atoms. The molecule has 1 fully saturated rings. The largest absolute Gasteiger partial charge is 0.473 e. The molecule has 3 aromatic rings. The van der Waals surface area contributed by atoms with E-state index in [1.807, 2.05) is 24.3 Å². The van der Waals surface area contributed by atoms with E-state index in [9.17, 15) is 5.11 Å². The zero-order valence-corrected chi connectivity index (χ0v) is 22.4. The van der Waals surface area contributed by atoms with Gasteiger partial charge in [0.1, 0.15) is 5.01 Å². The number of aliphatic hydroxyl groups is 1. The first-order chi connectivity index (χ1) is 17.7. The number of carbonyl (C=O) groups is 2. The minimum atomic E-state index is -1.82. The molecule has 0 saturated carbocycles. The molecule has 0 amide bonds. The van der Waals surface area contributed by atoms with Gasteiger partial charge in [0.25, 0.3) is 0 Å². The summed E-state index contributed by atoms with van der Waals surface area (Å²) in [6.45, 7) is 3.26. The van der Waals surface area contributed by atoms with Crippen LogP contribution in [0.15, 0.2) is 42.5 Å². The molecule has 1 aromatic heterocycles. The minimum Gasteiger partial charge on any atom is -0.473 e. The van der Waals surface area contributed by atoms with E-state index >= 15 is 0 Å². The summed E-state index contributed by atoms with van der Waals surface area (Å²) in [5.74, 6) is -3.65. The van der Waals surface area contributed by atoms with E-state index in [1.54, 1.807) is 23.5 Å². The minimum absolute atomic E-state index is 0.193. The second-order valence-corrected chi connectivity index (χ2v) is 10.5. The number of likely N-dealkylation sites (tertiary alicyclic amines) is 1. The summed E-state index contributed by atoms with van der Waals surface area (Å²) >= 11 is 13.9. The average molecular weight is 570 g/mol. The Bertz CT molecular complexity index is 1160. The molecular weight excluding hydrogens is 541 g/mol. The lowest BCUT2D eigenvalue weighted by molar-refractivity contribution is -0.159. The number of benzene rings is 2. The number of hydrogen-bond acceptors (Lipinski definition) is 8. The van der Waals surface area contributed by atoms with Gasteiger partial charge in [-0.1, -0.05) is 47.8 Å². The van der Waals surface area contributed by atoms with Crippen molar-refractivity contribution in [1.29, 1.82) is 0 Å². The summed E-state index contributed by atoms with van der Waals surface area (Å²) in [6, 6.07) is 13.5. The van der Waals surface area contributed by atoms with Crippen LogP contribution in [0.2, 0.25) is 10.0 Å². The third kappa shape index (κ3) is 8.89. The van der Waals surface area contributed by atoms with E-state index < -0.39 is 17.7 Å². The fourth-order valence-electron chi connectivity index (χ4n) is 3.89. The molecule has 0 radical (unpaired) electrons. The van der Waals surface area contributed by atoms with Crippen molar-refractivity contribution in [3.05, 3.63) is 63.1 Å². The molecule has 1 aliphatic heterocycles. The number of halogens is 2. The van der Waals surface area contributed by atoms with Crippen molar-refractivity contribution in [2.75, 3.05) is 26.2 Å². The Balaban J connectivity index is 0.000000568. The molecule has 0 aliphatic carbocycles. The maximum absolute atomic E-state index is 11.5. The molecule has 2 aromatic carbocycles. The van der Waals surface area contributed by atoms with Gasteiger partial charge in [0, 0.05) is 36.2 Å². The molecule has 1 aliphatic rings. The van der Waals surface area contributed by atoms with E-state index in [2.05, 4.69) is 21.3 Å². The van der Waals surface area contributed by atoms with Crippen molar-refractivity contribution in [3.63, 3.8) is 0 Å². The average Bonchev–Trinajstić information content (AvgIpc) is 3.29. The normalized spacial score (nSPS) is 15.5. The second-order valence-electron chi connectivity index (χ2n) is 8.55. The number of hydrogen-bond donors (Lipinski definition) is 4. The SMILES string of the molecule is O=C(O)C(=O)O.OC(CNCc1nc2ccccc2s1)(COCc1ccc(Cl)cc1Cl)N1CCCCC1. The van der Waals surface area contributed by atoms with Gasteiger partial charge >= 0.3 is 11.9 Å². The predicted octanol–water partition coefficient (Wildman–Crippen LogP) is 4.24. The Labute approximate surface area is 228 Å². The summed E-state index contributed by atoms with van der Waals surface area (Å²) in [7, 11) is 0. The monoisotopic (exact) mass is 569 g/mol. The number of aliphatic carboxylic acids is 2. The first-order valence-electron chi connectivity index (χ1n) is 11.7. The number of carboxylic acid groups (broad SMARTS) is 2. The van der Waals surface area contributed by atoms with Crippen LogP contribution in [0.4, 0.5) is 0 Å². The molecule has 4 rings (SSSR count). The van der Waals surface area contributed by atoms with Crippen LogP contribution in [-0.2, 0) is 27.5 Å². The van der Waals surface area contributed by atoms with Crippen LogP contribution >= 0.6 is 34.5 Å². The highest BCUT2D eigenvalue weighted by atomic mass is 35.5. The predicted molar refractivity (Wildman–Crippen MR) is 143 cm³/mol. The van der Waals surface area contributed by atoms with Gasteiger partial charge in [0.05, 0.1) is 23.4 Å². The fourth-order valence-corrected chi connectivity index (χ4v) is 5.29. The van der Waals surface area contributed by atoms with Crippen molar-refractivity contribution < 1.29 is 29.6 Å². The second kappa shape index (κ2) is 14.0. The van der Waals surface area contributed by atoms with Gasteiger partial charge in [-0.3, -0.25) is 4.90 Å². The summed E-state index contributed by atoms with van der Waals surface area (Å²) in [5, 5.41) is 31.9. The summed E-state index contributed by atoms with van der Waals surface area (Å²) in [6.07, 6.45) is 3.37. The topological polar surface area (TPSA) is 132 Å². The van der Waals surface area contributed by atoms with Gasteiger partial charge in [-0.25, -0.2) is 14.6 Å². The standard InChI is InChI=1S/C23H27Cl2N3O2S.C2H2O4/c24-18-9-8-17(19(25)12-18)14-30-16-23(29,28-10-4-1-5-11-28)15-26-13-22-27-20-6-2-3-7-21(20)31-22;3-1(4)2(5)6/h2-3,6-9,12,26,29H,1,4-5,10-11,13-16H2;(H,3,4)(H,5,6). The number of nitrogens with one attached hydrogen (secondary N) is 1. The van der Waals surface area contributed by atoms with Crippen LogP contribution in [0.5, 0.6) is 0 Å². The Morgan fingerprint density at radius 2 is 1.78 bits per heavy atom. The highest BCUT2D eigenvalue weighted by Gasteiger charge is 2.35. The van der Waals surface area contributed by atoms with Crippen LogP contribution in [-0.4, -0.2) is 69.1 Å². The zero-order valence-electron chi connectivity index (χ0n) is 20.0. The van der Waals surface area contributed by atoms with E-state index in [4.69, 9.17) is 47.7 Å². The molecule has 0 spiro atoms.